The van der Waals surface area contributed by atoms with Crippen molar-refractivity contribution < 1.29 is 19.1 Å². The maximum atomic E-state index is 12.5. The van der Waals surface area contributed by atoms with E-state index in [-0.39, 0.29) is 27.9 Å². The zero-order chi connectivity index (χ0) is 19.8. The molecule has 1 aromatic heterocycles. The van der Waals surface area contributed by atoms with E-state index in [4.69, 9.17) is 11.6 Å². The average Bonchev–Trinajstić information content (AvgIpc) is 2.69. The summed E-state index contributed by atoms with van der Waals surface area (Å²) in [6.45, 7) is 2.59. The van der Waals surface area contributed by atoms with Gasteiger partial charge in [0.25, 0.3) is 11.8 Å². The Hall–Kier alpha value is -2.93. The van der Waals surface area contributed by atoms with E-state index < -0.39 is 11.9 Å². The summed E-state index contributed by atoms with van der Waals surface area (Å²) >= 11 is 6.08. The molecule has 0 radical (unpaired) electrons. The van der Waals surface area contributed by atoms with Gasteiger partial charge in [-0.05, 0) is 36.8 Å². The summed E-state index contributed by atoms with van der Waals surface area (Å²) in [4.78, 5) is 40.2. The number of nitrogens with zero attached hydrogens (tertiary/aromatic N) is 1. The van der Waals surface area contributed by atoms with E-state index in [0.29, 0.717) is 12.1 Å². The Bertz CT molecular complexity index is 855. The molecule has 2 N–H and O–H groups in total. The molecule has 8 heteroatoms. The molecule has 2 aromatic rings. The largest absolute Gasteiger partial charge is 0.465 e. The first-order valence-electron chi connectivity index (χ1n) is 8.39. The van der Waals surface area contributed by atoms with Crippen molar-refractivity contribution in [2.24, 2.45) is 0 Å². The number of methoxy groups -OCH3 is 1. The molecule has 0 aliphatic heterocycles. The topological polar surface area (TPSA) is 97.4 Å². The molecule has 0 bridgehead atoms. The maximum absolute atomic E-state index is 12.5. The predicted molar refractivity (Wildman–Crippen MR) is 102 cm³/mol. The lowest BCUT2D eigenvalue weighted by atomic mass is 10.2. The molecule has 0 aliphatic carbocycles. The highest BCUT2D eigenvalue weighted by Crippen LogP contribution is 2.24. The van der Waals surface area contributed by atoms with Gasteiger partial charge in [-0.25, -0.2) is 4.79 Å². The second-order valence-electron chi connectivity index (χ2n) is 5.68. The Morgan fingerprint density at radius 1 is 1.11 bits per heavy atom. The van der Waals surface area contributed by atoms with Gasteiger partial charge in [0, 0.05) is 18.3 Å². The van der Waals surface area contributed by atoms with E-state index in [1.54, 1.807) is 0 Å². The first kappa shape index (κ1) is 20.4. The Kier molecular flexibility index (Phi) is 7.31. The molecule has 142 valence electrons. The minimum absolute atomic E-state index is 0.0534. The molecule has 0 unspecified atom stereocenters. The van der Waals surface area contributed by atoms with Gasteiger partial charge < -0.3 is 15.4 Å². The van der Waals surface area contributed by atoms with Gasteiger partial charge in [0.15, 0.2) is 0 Å². The van der Waals surface area contributed by atoms with E-state index in [1.165, 1.54) is 43.6 Å². The second kappa shape index (κ2) is 9.68. The van der Waals surface area contributed by atoms with Crippen LogP contribution in [-0.4, -0.2) is 36.4 Å². The van der Waals surface area contributed by atoms with Crippen LogP contribution in [0, 0.1) is 0 Å². The van der Waals surface area contributed by atoms with Gasteiger partial charge in [-0.15, -0.1) is 0 Å². The second-order valence-corrected chi connectivity index (χ2v) is 6.09. The third-order valence-electron chi connectivity index (χ3n) is 3.71. The third-order valence-corrected chi connectivity index (χ3v) is 4.04. The number of esters is 1. The van der Waals surface area contributed by atoms with E-state index in [2.05, 4.69) is 20.4 Å². The third kappa shape index (κ3) is 5.52. The molecule has 0 aliphatic rings. The molecular formula is C19H20ClN3O4. The first-order valence-corrected chi connectivity index (χ1v) is 8.77. The number of nitrogens with one attached hydrogen (secondary N) is 2. The van der Waals surface area contributed by atoms with Crippen molar-refractivity contribution in [3.63, 3.8) is 0 Å². The maximum Gasteiger partial charge on any atom is 0.337 e. The fourth-order valence-corrected chi connectivity index (χ4v) is 2.39. The monoisotopic (exact) mass is 389 g/mol. The zero-order valence-corrected chi connectivity index (χ0v) is 15.8. The van der Waals surface area contributed by atoms with Crippen LogP contribution in [0.5, 0.6) is 0 Å². The minimum atomic E-state index is -0.554. The van der Waals surface area contributed by atoms with E-state index in [1.807, 2.05) is 6.92 Å². The van der Waals surface area contributed by atoms with Crippen LogP contribution < -0.4 is 10.6 Å². The van der Waals surface area contributed by atoms with Crippen molar-refractivity contribution >= 4 is 35.1 Å². The smallest absolute Gasteiger partial charge is 0.337 e. The average molecular weight is 390 g/mol. The van der Waals surface area contributed by atoms with Crippen molar-refractivity contribution in [3.8, 4) is 0 Å². The van der Waals surface area contributed by atoms with Gasteiger partial charge >= 0.3 is 5.97 Å². The molecule has 2 rings (SSSR count). The Morgan fingerprint density at radius 2 is 1.89 bits per heavy atom. The van der Waals surface area contributed by atoms with Gasteiger partial charge in [0.1, 0.15) is 5.69 Å². The number of rotatable bonds is 7. The van der Waals surface area contributed by atoms with Gasteiger partial charge in [-0.2, -0.15) is 0 Å². The van der Waals surface area contributed by atoms with Crippen LogP contribution in [-0.2, 0) is 4.74 Å². The van der Waals surface area contributed by atoms with Crippen molar-refractivity contribution in [1.29, 1.82) is 0 Å². The Balaban J connectivity index is 2.16. The molecule has 0 fully saturated rings. The van der Waals surface area contributed by atoms with E-state index in [9.17, 15) is 14.4 Å². The van der Waals surface area contributed by atoms with Crippen LogP contribution in [0.2, 0.25) is 5.02 Å². The lowest BCUT2D eigenvalue weighted by Gasteiger charge is -2.09. The molecular weight excluding hydrogens is 370 g/mol. The highest BCUT2D eigenvalue weighted by molar-refractivity contribution is 6.34. The van der Waals surface area contributed by atoms with Crippen molar-refractivity contribution in [3.05, 3.63) is 58.4 Å². The summed E-state index contributed by atoms with van der Waals surface area (Å²) in [6, 6.07) is 7.31. The van der Waals surface area contributed by atoms with E-state index in [0.717, 1.165) is 12.8 Å². The molecule has 7 nitrogen and oxygen atoms in total. The van der Waals surface area contributed by atoms with Gasteiger partial charge in [-0.3, -0.25) is 14.6 Å². The molecule has 2 amide bonds. The molecule has 1 aromatic carbocycles. The van der Waals surface area contributed by atoms with Gasteiger partial charge in [0.05, 0.1) is 23.4 Å². The van der Waals surface area contributed by atoms with Crippen LogP contribution in [0.15, 0.2) is 36.5 Å². The number of ether oxygens (including phenoxy) is 1. The summed E-state index contributed by atoms with van der Waals surface area (Å²) < 4.78 is 4.65. The number of carbonyl (C=O) groups excluding carboxylic acids is 3. The number of pyridine rings is 1. The number of anilines is 1. The number of aromatic nitrogens is 1. The summed E-state index contributed by atoms with van der Waals surface area (Å²) in [5.41, 5.74) is 0.872. The fourth-order valence-electron chi connectivity index (χ4n) is 2.23. The molecule has 1 heterocycles. The summed E-state index contributed by atoms with van der Waals surface area (Å²) in [5, 5.41) is 5.63. The van der Waals surface area contributed by atoms with Crippen LogP contribution >= 0.6 is 11.6 Å². The summed E-state index contributed by atoms with van der Waals surface area (Å²) in [6.07, 6.45) is 3.23. The number of amides is 2. The SMILES string of the molecule is CCCCNC(=O)c1ccnc(C(=O)Nc2cc(C(=O)OC)ccc2Cl)c1. The van der Waals surface area contributed by atoms with Crippen molar-refractivity contribution in [1.82, 2.24) is 10.3 Å². The van der Waals surface area contributed by atoms with Crippen molar-refractivity contribution in [2.45, 2.75) is 19.8 Å². The fraction of sp³-hybridized carbons (Fsp3) is 0.263. The number of unbranched alkanes of at least 4 members (excludes halogenated alkanes) is 1. The molecule has 0 atom stereocenters. The molecule has 27 heavy (non-hydrogen) atoms. The molecule has 0 saturated carbocycles. The summed E-state index contributed by atoms with van der Waals surface area (Å²) in [5.74, 6) is -1.38. The van der Waals surface area contributed by atoms with Crippen LogP contribution in [0.1, 0.15) is 51.0 Å². The number of carbonyl (C=O) groups is 3. The number of hydrogen-bond donors (Lipinski definition) is 2. The number of benzene rings is 1. The standard InChI is InChI=1S/C19H20ClN3O4/c1-3-4-8-22-17(24)12-7-9-21-16(10-12)18(25)23-15-11-13(19(26)27-2)5-6-14(15)20/h5-7,9-11H,3-4,8H2,1-2H3,(H,22,24)(H,23,25). The molecule has 0 spiro atoms. The lowest BCUT2D eigenvalue weighted by molar-refractivity contribution is 0.0600. The van der Waals surface area contributed by atoms with Gasteiger partial charge in [-0.1, -0.05) is 24.9 Å². The quantitative estimate of drug-likeness (QED) is 0.559. The molecule has 0 saturated heterocycles. The van der Waals surface area contributed by atoms with Crippen molar-refractivity contribution in [2.75, 3.05) is 19.0 Å². The highest BCUT2D eigenvalue weighted by Gasteiger charge is 2.15. The van der Waals surface area contributed by atoms with Crippen LogP contribution in [0.4, 0.5) is 5.69 Å². The first-order chi connectivity index (χ1) is 13.0. The van der Waals surface area contributed by atoms with Crippen LogP contribution in [0.25, 0.3) is 0 Å². The van der Waals surface area contributed by atoms with Crippen LogP contribution in [0.3, 0.4) is 0 Å². The normalized spacial score (nSPS) is 10.2. The highest BCUT2D eigenvalue weighted by atomic mass is 35.5. The minimum Gasteiger partial charge on any atom is -0.465 e. The Morgan fingerprint density at radius 3 is 2.59 bits per heavy atom. The number of hydrogen-bond acceptors (Lipinski definition) is 5. The zero-order valence-electron chi connectivity index (χ0n) is 15.0. The lowest BCUT2D eigenvalue weighted by Crippen LogP contribution is -2.25. The number of halogens is 1. The van der Waals surface area contributed by atoms with Gasteiger partial charge in [0.2, 0.25) is 0 Å². The van der Waals surface area contributed by atoms with E-state index >= 15 is 0 Å². The Labute approximate surface area is 162 Å². The predicted octanol–water partition coefficient (Wildman–Crippen LogP) is 3.30. The summed E-state index contributed by atoms with van der Waals surface area (Å²) in [7, 11) is 1.26.